The molecule has 1 atom stereocenters. The van der Waals surface area contributed by atoms with Crippen LogP contribution in [0.25, 0.3) is 0 Å². The van der Waals surface area contributed by atoms with E-state index >= 15 is 0 Å². The maximum Gasteiger partial charge on any atom is 0.225 e. The Labute approximate surface area is 116 Å². The van der Waals surface area contributed by atoms with Crippen molar-refractivity contribution in [1.82, 2.24) is 4.90 Å². The Kier molecular flexibility index (Phi) is 4.42. The van der Waals surface area contributed by atoms with Gasteiger partial charge in [0.25, 0.3) is 0 Å². The molecule has 108 valence electrons. The van der Waals surface area contributed by atoms with Gasteiger partial charge in [-0.2, -0.15) is 0 Å². The molecule has 3 rings (SSSR count). The molecule has 0 aromatic rings. The first-order chi connectivity index (χ1) is 9.34. The van der Waals surface area contributed by atoms with Crippen LogP contribution in [0.2, 0.25) is 0 Å². The molecule has 0 radical (unpaired) electrons. The van der Waals surface area contributed by atoms with Crippen LogP contribution in [0.1, 0.15) is 51.4 Å². The number of amides is 1. The molecule has 19 heavy (non-hydrogen) atoms. The van der Waals surface area contributed by atoms with E-state index < -0.39 is 0 Å². The maximum atomic E-state index is 12.5. The van der Waals surface area contributed by atoms with Crippen molar-refractivity contribution in [1.29, 1.82) is 0 Å². The van der Waals surface area contributed by atoms with E-state index in [1.165, 1.54) is 38.5 Å². The molecule has 3 heteroatoms. The highest BCUT2D eigenvalue weighted by Gasteiger charge is 2.35. The molecule has 0 spiro atoms. The Hall–Kier alpha value is -0.570. The normalized spacial score (nSPS) is 30.7. The van der Waals surface area contributed by atoms with Crippen molar-refractivity contribution in [2.45, 2.75) is 51.4 Å². The Balaban J connectivity index is 1.51. The number of likely N-dealkylation sites (tertiary alicyclic amines) is 1. The lowest BCUT2D eigenvalue weighted by Crippen LogP contribution is -2.37. The number of ether oxygens (including phenoxy) is 1. The van der Waals surface area contributed by atoms with E-state index in [2.05, 4.69) is 4.90 Å². The molecule has 0 aromatic carbocycles. The fourth-order valence-corrected chi connectivity index (χ4v) is 4.18. The molecular formula is C16H27NO2. The number of nitrogens with zero attached hydrogens (tertiary/aromatic N) is 1. The molecule has 2 saturated heterocycles. The standard InChI is InChI=1S/C16H27NO2/c18-16(14-7-10-19-11-8-14)17-9-6-15(12-17)13-4-2-1-3-5-13/h13-15H,1-12H2. The van der Waals surface area contributed by atoms with Crippen LogP contribution in [-0.4, -0.2) is 37.1 Å². The van der Waals surface area contributed by atoms with E-state index in [9.17, 15) is 4.79 Å². The number of carbonyl (C=O) groups is 1. The second-order valence-corrected chi connectivity index (χ2v) is 6.62. The van der Waals surface area contributed by atoms with Crippen LogP contribution in [-0.2, 0) is 9.53 Å². The monoisotopic (exact) mass is 265 g/mol. The van der Waals surface area contributed by atoms with Gasteiger partial charge in [0.15, 0.2) is 0 Å². The number of hydrogen-bond donors (Lipinski definition) is 0. The Morgan fingerprint density at radius 1 is 0.895 bits per heavy atom. The fraction of sp³-hybridized carbons (Fsp3) is 0.938. The van der Waals surface area contributed by atoms with Crippen molar-refractivity contribution < 1.29 is 9.53 Å². The zero-order chi connectivity index (χ0) is 13.1. The van der Waals surface area contributed by atoms with Gasteiger partial charge in [-0.1, -0.05) is 32.1 Å². The number of hydrogen-bond acceptors (Lipinski definition) is 2. The van der Waals surface area contributed by atoms with Crippen molar-refractivity contribution in [3.05, 3.63) is 0 Å². The van der Waals surface area contributed by atoms with Crippen LogP contribution in [0.15, 0.2) is 0 Å². The van der Waals surface area contributed by atoms with E-state index in [0.29, 0.717) is 5.91 Å². The van der Waals surface area contributed by atoms with Gasteiger partial charge in [-0.25, -0.2) is 0 Å². The summed E-state index contributed by atoms with van der Waals surface area (Å²) in [4.78, 5) is 14.7. The van der Waals surface area contributed by atoms with Crippen LogP contribution in [0.5, 0.6) is 0 Å². The molecular weight excluding hydrogens is 238 g/mol. The van der Waals surface area contributed by atoms with E-state index in [0.717, 1.165) is 51.0 Å². The van der Waals surface area contributed by atoms with Crippen molar-refractivity contribution in [2.75, 3.05) is 26.3 Å². The van der Waals surface area contributed by atoms with Gasteiger partial charge in [0.2, 0.25) is 5.91 Å². The van der Waals surface area contributed by atoms with Gasteiger partial charge in [-0.3, -0.25) is 4.79 Å². The van der Waals surface area contributed by atoms with Gasteiger partial charge in [0.1, 0.15) is 0 Å². The molecule has 3 fully saturated rings. The van der Waals surface area contributed by atoms with Crippen LogP contribution >= 0.6 is 0 Å². The Morgan fingerprint density at radius 2 is 1.63 bits per heavy atom. The maximum absolute atomic E-state index is 12.5. The average molecular weight is 265 g/mol. The lowest BCUT2D eigenvalue weighted by atomic mass is 9.79. The molecule has 0 N–H and O–H groups in total. The average Bonchev–Trinajstić information content (AvgIpc) is 2.98. The minimum Gasteiger partial charge on any atom is -0.381 e. The Morgan fingerprint density at radius 3 is 2.37 bits per heavy atom. The van der Waals surface area contributed by atoms with Crippen molar-refractivity contribution in [3.63, 3.8) is 0 Å². The quantitative estimate of drug-likeness (QED) is 0.768. The third-order valence-corrected chi connectivity index (χ3v) is 5.42. The van der Waals surface area contributed by atoms with Crippen LogP contribution in [0.4, 0.5) is 0 Å². The highest BCUT2D eigenvalue weighted by atomic mass is 16.5. The van der Waals surface area contributed by atoms with Gasteiger partial charge in [-0.15, -0.1) is 0 Å². The van der Waals surface area contributed by atoms with Gasteiger partial charge < -0.3 is 9.64 Å². The molecule has 1 unspecified atom stereocenters. The van der Waals surface area contributed by atoms with Gasteiger partial charge in [0, 0.05) is 32.2 Å². The lowest BCUT2D eigenvalue weighted by Gasteiger charge is -2.29. The zero-order valence-corrected chi connectivity index (χ0v) is 12.0. The molecule has 0 aromatic heterocycles. The Bertz CT molecular complexity index is 306. The highest BCUT2D eigenvalue weighted by molar-refractivity contribution is 5.79. The molecule has 1 amide bonds. The molecule has 1 saturated carbocycles. The first-order valence-corrected chi connectivity index (χ1v) is 8.21. The van der Waals surface area contributed by atoms with E-state index in [1.807, 2.05) is 0 Å². The number of carbonyl (C=O) groups excluding carboxylic acids is 1. The summed E-state index contributed by atoms with van der Waals surface area (Å²) in [5.41, 5.74) is 0. The topological polar surface area (TPSA) is 29.5 Å². The molecule has 1 aliphatic carbocycles. The summed E-state index contributed by atoms with van der Waals surface area (Å²) in [6.07, 6.45) is 10.2. The van der Waals surface area contributed by atoms with Crippen molar-refractivity contribution in [3.8, 4) is 0 Å². The molecule has 3 aliphatic rings. The minimum atomic E-state index is 0.249. The molecule has 2 aliphatic heterocycles. The van der Waals surface area contributed by atoms with Crippen LogP contribution in [0.3, 0.4) is 0 Å². The second-order valence-electron chi connectivity index (χ2n) is 6.62. The summed E-state index contributed by atoms with van der Waals surface area (Å²) in [6, 6.07) is 0. The largest absolute Gasteiger partial charge is 0.381 e. The first-order valence-electron chi connectivity index (χ1n) is 8.21. The summed E-state index contributed by atoms with van der Waals surface area (Å²) in [6.45, 7) is 3.60. The van der Waals surface area contributed by atoms with E-state index in [4.69, 9.17) is 4.74 Å². The van der Waals surface area contributed by atoms with Crippen molar-refractivity contribution in [2.24, 2.45) is 17.8 Å². The highest BCUT2D eigenvalue weighted by Crippen LogP contribution is 2.35. The van der Waals surface area contributed by atoms with Gasteiger partial charge >= 0.3 is 0 Å². The van der Waals surface area contributed by atoms with Gasteiger partial charge in [0.05, 0.1) is 0 Å². The second kappa shape index (κ2) is 6.25. The van der Waals surface area contributed by atoms with Crippen molar-refractivity contribution >= 4 is 5.91 Å². The minimum absolute atomic E-state index is 0.249. The third kappa shape index (κ3) is 3.13. The molecule has 0 bridgehead atoms. The first kappa shape index (κ1) is 13.4. The lowest BCUT2D eigenvalue weighted by molar-refractivity contribution is -0.137. The van der Waals surface area contributed by atoms with E-state index in [1.54, 1.807) is 0 Å². The summed E-state index contributed by atoms with van der Waals surface area (Å²) >= 11 is 0. The van der Waals surface area contributed by atoms with E-state index in [-0.39, 0.29) is 5.92 Å². The van der Waals surface area contributed by atoms with Crippen LogP contribution < -0.4 is 0 Å². The summed E-state index contributed by atoms with van der Waals surface area (Å²) in [5.74, 6) is 2.37. The third-order valence-electron chi connectivity index (χ3n) is 5.42. The summed E-state index contributed by atoms with van der Waals surface area (Å²) < 4.78 is 5.36. The van der Waals surface area contributed by atoms with Gasteiger partial charge in [-0.05, 0) is 31.1 Å². The molecule has 3 nitrogen and oxygen atoms in total. The fourth-order valence-electron chi connectivity index (χ4n) is 4.18. The zero-order valence-electron chi connectivity index (χ0n) is 12.0. The van der Waals surface area contributed by atoms with Crippen LogP contribution in [0, 0.1) is 17.8 Å². The summed E-state index contributed by atoms with van der Waals surface area (Å²) in [5, 5.41) is 0. The predicted molar refractivity (Wildman–Crippen MR) is 74.8 cm³/mol. The smallest absolute Gasteiger partial charge is 0.225 e. The predicted octanol–water partition coefficient (Wildman–Crippen LogP) is 2.84. The summed E-state index contributed by atoms with van der Waals surface area (Å²) in [7, 11) is 0. The number of rotatable bonds is 2. The SMILES string of the molecule is O=C(C1CCOCC1)N1CCC(C2CCCCC2)C1. The molecule has 2 heterocycles.